The molecule has 1 heterocycles. The van der Waals surface area contributed by atoms with Crippen LogP contribution in [0, 0.1) is 5.82 Å². The Hall–Kier alpha value is -1.09. The third-order valence-electron chi connectivity index (χ3n) is 3.01. The molecule has 0 radical (unpaired) electrons. The van der Waals surface area contributed by atoms with Gasteiger partial charge in [-0.05, 0) is 42.1 Å². The van der Waals surface area contributed by atoms with Crippen molar-refractivity contribution in [3.05, 3.63) is 35.6 Å². The quantitative estimate of drug-likeness (QED) is 0.545. The van der Waals surface area contributed by atoms with Crippen LogP contribution in [-0.4, -0.2) is 23.4 Å². The van der Waals surface area contributed by atoms with Crippen molar-refractivity contribution >= 4 is 17.0 Å². The van der Waals surface area contributed by atoms with Crippen LogP contribution in [0.25, 0.3) is 0 Å². The van der Waals surface area contributed by atoms with E-state index in [9.17, 15) is 9.18 Å². The molecule has 1 aromatic carbocycles. The number of rotatable bonds is 1. The molecule has 1 saturated heterocycles. The molecule has 1 atom stereocenters. The van der Waals surface area contributed by atoms with Gasteiger partial charge in [-0.25, -0.2) is 4.39 Å². The van der Waals surface area contributed by atoms with Crippen LogP contribution in [0.2, 0.25) is 0 Å². The Balaban J connectivity index is 2.09. The number of hydrogen-bond donors (Lipinski definition) is 0. The zero-order chi connectivity index (χ0) is 11.5. The zero-order valence-corrected chi connectivity index (χ0v) is 9.58. The van der Waals surface area contributed by atoms with Gasteiger partial charge in [0.25, 0.3) is 0 Å². The molecule has 1 aliphatic rings. The summed E-state index contributed by atoms with van der Waals surface area (Å²) in [4.78, 5) is 12.7. The average Bonchev–Trinajstić information content (AvgIpc) is 2.30. The fourth-order valence-electron chi connectivity index (χ4n) is 2.14. The van der Waals surface area contributed by atoms with Gasteiger partial charge in [0.2, 0.25) is 0 Å². The molecule has 4 heteroatoms. The minimum absolute atomic E-state index is 0.232. The molecule has 1 amide bonds. The van der Waals surface area contributed by atoms with Crippen LogP contribution in [0.3, 0.4) is 0 Å². The Morgan fingerprint density at radius 2 is 2.06 bits per heavy atom. The predicted molar refractivity (Wildman–Crippen MR) is 61.2 cm³/mol. The number of piperidine rings is 1. The first-order valence-electron chi connectivity index (χ1n) is 5.36. The van der Waals surface area contributed by atoms with Gasteiger partial charge in [0.15, 0.2) is 0 Å². The molecule has 1 aliphatic heterocycles. The molecule has 2 rings (SSSR count). The predicted octanol–water partition coefficient (Wildman–Crippen LogP) is 3.36. The summed E-state index contributed by atoms with van der Waals surface area (Å²) in [6.45, 7) is 1.36. The summed E-state index contributed by atoms with van der Waals surface area (Å²) in [5.74, 6) is 0.0434. The van der Waals surface area contributed by atoms with Crippen molar-refractivity contribution < 1.29 is 9.18 Å². The van der Waals surface area contributed by atoms with Crippen LogP contribution < -0.4 is 0 Å². The van der Waals surface area contributed by atoms with E-state index in [1.807, 2.05) is 0 Å². The summed E-state index contributed by atoms with van der Waals surface area (Å²) < 4.78 is 12.8. The first kappa shape index (κ1) is 11.4. The number of nitrogens with zero attached hydrogens (tertiary/aromatic N) is 1. The molecule has 1 unspecified atom stereocenters. The molecule has 16 heavy (non-hydrogen) atoms. The van der Waals surface area contributed by atoms with E-state index in [1.165, 1.54) is 12.1 Å². The van der Waals surface area contributed by atoms with Gasteiger partial charge in [-0.1, -0.05) is 12.1 Å². The van der Waals surface area contributed by atoms with Crippen molar-refractivity contribution in [1.82, 2.24) is 4.90 Å². The van der Waals surface area contributed by atoms with Gasteiger partial charge in [0.05, 0.1) is 0 Å². The number of amides is 1. The van der Waals surface area contributed by atoms with E-state index >= 15 is 0 Å². The lowest BCUT2D eigenvalue weighted by Gasteiger charge is -2.31. The standard InChI is InChI=1S/C12H13ClFNO/c13-12(16)15-7-1-2-10(8-15)9-3-5-11(14)6-4-9/h3-6,10H,1-2,7-8H2. The Morgan fingerprint density at radius 3 is 2.69 bits per heavy atom. The van der Waals surface area contributed by atoms with E-state index in [1.54, 1.807) is 17.0 Å². The van der Waals surface area contributed by atoms with Crippen LogP contribution in [0.1, 0.15) is 24.3 Å². The van der Waals surface area contributed by atoms with Crippen molar-refractivity contribution in [1.29, 1.82) is 0 Å². The highest BCUT2D eigenvalue weighted by Gasteiger charge is 2.23. The highest BCUT2D eigenvalue weighted by atomic mass is 35.5. The normalized spacial score (nSPS) is 20.9. The number of hydrogen-bond acceptors (Lipinski definition) is 1. The molecule has 86 valence electrons. The average molecular weight is 242 g/mol. The molecule has 0 aliphatic carbocycles. The van der Waals surface area contributed by atoms with E-state index < -0.39 is 5.37 Å². The Kier molecular flexibility index (Phi) is 3.44. The van der Waals surface area contributed by atoms with Gasteiger partial charge in [-0.15, -0.1) is 0 Å². The van der Waals surface area contributed by atoms with Crippen LogP contribution in [0.4, 0.5) is 9.18 Å². The Bertz CT molecular complexity index is 379. The molecular weight excluding hydrogens is 229 g/mol. The number of likely N-dealkylation sites (tertiary alicyclic amines) is 1. The second-order valence-electron chi connectivity index (χ2n) is 4.09. The highest BCUT2D eigenvalue weighted by Crippen LogP contribution is 2.27. The summed E-state index contributed by atoms with van der Waals surface area (Å²) in [6, 6.07) is 6.47. The SMILES string of the molecule is O=C(Cl)N1CCCC(c2ccc(F)cc2)C1. The maximum Gasteiger partial charge on any atom is 0.316 e. The molecule has 1 fully saturated rings. The van der Waals surface area contributed by atoms with Crippen molar-refractivity contribution in [2.75, 3.05) is 13.1 Å². The van der Waals surface area contributed by atoms with Gasteiger partial charge in [-0.2, -0.15) is 0 Å². The summed E-state index contributed by atoms with van der Waals surface area (Å²) in [5.41, 5.74) is 1.07. The van der Waals surface area contributed by atoms with E-state index in [0.29, 0.717) is 6.54 Å². The number of halogens is 2. The summed E-state index contributed by atoms with van der Waals surface area (Å²) in [7, 11) is 0. The third-order valence-corrected chi connectivity index (χ3v) is 3.25. The van der Waals surface area contributed by atoms with Crippen molar-refractivity contribution in [3.8, 4) is 0 Å². The van der Waals surface area contributed by atoms with Crippen LogP contribution in [0.15, 0.2) is 24.3 Å². The maximum atomic E-state index is 12.8. The lowest BCUT2D eigenvalue weighted by molar-refractivity contribution is 0.202. The van der Waals surface area contributed by atoms with Gasteiger partial charge in [0, 0.05) is 19.0 Å². The fraction of sp³-hybridized carbons (Fsp3) is 0.417. The Morgan fingerprint density at radius 1 is 1.38 bits per heavy atom. The van der Waals surface area contributed by atoms with E-state index in [2.05, 4.69) is 0 Å². The minimum Gasteiger partial charge on any atom is -0.329 e. The molecule has 0 spiro atoms. The first-order chi connectivity index (χ1) is 7.66. The van der Waals surface area contributed by atoms with E-state index in [-0.39, 0.29) is 11.7 Å². The fourth-order valence-corrected chi connectivity index (χ4v) is 2.30. The molecule has 1 aromatic rings. The zero-order valence-electron chi connectivity index (χ0n) is 8.83. The molecule has 2 nitrogen and oxygen atoms in total. The number of benzene rings is 1. The summed E-state index contributed by atoms with van der Waals surface area (Å²) >= 11 is 5.46. The third kappa shape index (κ3) is 2.53. The molecule has 0 saturated carbocycles. The lowest BCUT2D eigenvalue weighted by Crippen LogP contribution is -2.36. The number of carbonyl (C=O) groups excluding carboxylic acids is 1. The highest BCUT2D eigenvalue weighted by molar-refractivity contribution is 6.62. The van der Waals surface area contributed by atoms with Gasteiger partial charge >= 0.3 is 5.37 Å². The Labute approximate surface area is 99.0 Å². The van der Waals surface area contributed by atoms with Crippen LogP contribution in [-0.2, 0) is 0 Å². The molecule has 0 N–H and O–H groups in total. The van der Waals surface area contributed by atoms with Crippen molar-refractivity contribution in [2.24, 2.45) is 0 Å². The largest absolute Gasteiger partial charge is 0.329 e. The second-order valence-corrected chi connectivity index (χ2v) is 4.41. The van der Waals surface area contributed by atoms with Crippen molar-refractivity contribution in [3.63, 3.8) is 0 Å². The lowest BCUT2D eigenvalue weighted by atomic mass is 9.91. The monoisotopic (exact) mass is 241 g/mol. The van der Waals surface area contributed by atoms with Gasteiger partial charge in [-0.3, -0.25) is 4.79 Å². The van der Waals surface area contributed by atoms with Gasteiger partial charge in [0.1, 0.15) is 5.82 Å². The first-order valence-corrected chi connectivity index (χ1v) is 5.74. The second kappa shape index (κ2) is 4.83. The van der Waals surface area contributed by atoms with E-state index in [0.717, 1.165) is 24.9 Å². The van der Waals surface area contributed by atoms with E-state index in [4.69, 9.17) is 11.6 Å². The summed E-state index contributed by atoms with van der Waals surface area (Å²) in [5, 5.41) is -0.396. The van der Waals surface area contributed by atoms with Crippen LogP contribution in [0.5, 0.6) is 0 Å². The topological polar surface area (TPSA) is 20.3 Å². The number of carbonyl (C=O) groups is 1. The smallest absolute Gasteiger partial charge is 0.316 e. The molecule has 0 bridgehead atoms. The summed E-state index contributed by atoms with van der Waals surface area (Å²) in [6.07, 6.45) is 1.97. The van der Waals surface area contributed by atoms with Crippen molar-refractivity contribution in [2.45, 2.75) is 18.8 Å². The van der Waals surface area contributed by atoms with Gasteiger partial charge < -0.3 is 4.90 Å². The minimum atomic E-state index is -0.396. The molecule has 0 aromatic heterocycles. The molecular formula is C12H13ClFNO. The van der Waals surface area contributed by atoms with Crippen LogP contribution >= 0.6 is 11.6 Å². The maximum absolute atomic E-state index is 12.8.